The van der Waals surface area contributed by atoms with Crippen molar-refractivity contribution in [2.24, 2.45) is 0 Å². The van der Waals surface area contributed by atoms with Gasteiger partial charge in [-0.25, -0.2) is 19.2 Å². The van der Waals surface area contributed by atoms with Crippen LogP contribution in [0.4, 0.5) is 11.5 Å². The van der Waals surface area contributed by atoms with Crippen molar-refractivity contribution in [3.63, 3.8) is 0 Å². The third-order valence-corrected chi connectivity index (χ3v) is 7.13. The second-order valence-corrected chi connectivity index (χ2v) is 10.5. The maximum atomic E-state index is 10.8. The Bertz CT molecular complexity index is 1850. The normalized spacial score (nSPS) is 12.1. The Morgan fingerprint density at radius 2 is 1.98 bits per heavy atom. The molecule has 0 spiro atoms. The minimum Gasteiger partial charge on any atom is -0.439 e. The number of hydrogen-bond acceptors (Lipinski definition) is 9. The molecule has 0 amide bonds. The number of hydrogen-bond donors (Lipinski definition) is 3. The van der Waals surface area contributed by atoms with E-state index >= 15 is 0 Å². The molecule has 4 heterocycles. The molecule has 41 heavy (non-hydrogen) atoms. The summed E-state index contributed by atoms with van der Waals surface area (Å²) in [5.74, 6) is 2.09. The lowest BCUT2D eigenvalue weighted by atomic mass is 10.1. The number of fused-ring (bicyclic) bond motifs is 2. The van der Waals surface area contributed by atoms with Crippen molar-refractivity contribution in [1.29, 1.82) is 0 Å². The highest BCUT2D eigenvalue weighted by Crippen LogP contribution is 2.30. The second kappa shape index (κ2) is 11.8. The molecule has 6 rings (SSSR count). The molecule has 1 unspecified atom stereocenters. The van der Waals surface area contributed by atoms with Crippen molar-refractivity contribution >= 4 is 39.1 Å². The predicted octanol–water partition coefficient (Wildman–Crippen LogP) is 4.40. The van der Waals surface area contributed by atoms with E-state index in [9.17, 15) is 4.21 Å². The van der Waals surface area contributed by atoms with Crippen LogP contribution >= 0.6 is 0 Å². The molecule has 13 heteroatoms. The van der Waals surface area contributed by atoms with Gasteiger partial charge in [0.1, 0.15) is 30.5 Å². The summed E-state index contributed by atoms with van der Waals surface area (Å²) in [7, 11) is 0. The smallest absolute Gasteiger partial charge is 0.224 e. The van der Waals surface area contributed by atoms with Crippen LogP contribution in [0.25, 0.3) is 22.2 Å². The third kappa shape index (κ3) is 6.22. The minimum absolute atomic E-state index is 0.278. The summed E-state index contributed by atoms with van der Waals surface area (Å²) in [5, 5.41) is 15.5. The highest BCUT2D eigenvalue weighted by molar-refractivity contribution is 7.79. The zero-order valence-electron chi connectivity index (χ0n) is 22.1. The molecule has 0 aliphatic heterocycles. The molecule has 0 fully saturated rings. The van der Waals surface area contributed by atoms with Gasteiger partial charge < -0.3 is 24.5 Å². The summed E-state index contributed by atoms with van der Waals surface area (Å²) in [5.41, 5.74) is 5.37. The van der Waals surface area contributed by atoms with E-state index < -0.39 is 11.1 Å². The molecular weight excluding hydrogens is 542 g/mol. The van der Waals surface area contributed by atoms with E-state index in [4.69, 9.17) is 9.29 Å². The Balaban J connectivity index is 1.17. The lowest BCUT2D eigenvalue weighted by molar-refractivity contribution is 0.458. The van der Waals surface area contributed by atoms with Crippen LogP contribution in [0.5, 0.6) is 11.6 Å². The molecule has 0 aliphatic carbocycles. The van der Waals surface area contributed by atoms with E-state index in [-0.39, 0.29) is 5.75 Å². The number of aryl methyl sites for hydroxylation is 1. The van der Waals surface area contributed by atoms with Gasteiger partial charge in [-0.1, -0.05) is 0 Å². The summed E-state index contributed by atoms with van der Waals surface area (Å²) in [4.78, 5) is 13.3. The lowest BCUT2D eigenvalue weighted by Crippen LogP contribution is -2.16. The van der Waals surface area contributed by atoms with Gasteiger partial charge in [0.25, 0.3) is 0 Å². The van der Waals surface area contributed by atoms with Crippen LogP contribution in [0.3, 0.4) is 0 Å². The Morgan fingerprint density at radius 1 is 1.05 bits per heavy atom. The topological polar surface area (TPSA) is 144 Å². The van der Waals surface area contributed by atoms with Gasteiger partial charge in [0.15, 0.2) is 16.7 Å². The first kappa shape index (κ1) is 26.5. The van der Waals surface area contributed by atoms with Gasteiger partial charge in [0, 0.05) is 41.8 Å². The average Bonchev–Trinajstić information content (AvgIpc) is 3.64. The molecule has 0 aliphatic rings. The van der Waals surface area contributed by atoms with Crippen LogP contribution in [0, 0.1) is 6.92 Å². The quantitative estimate of drug-likeness (QED) is 0.152. The van der Waals surface area contributed by atoms with Gasteiger partial charge in [-0.3, -0.25) is 4.40 Å². The standard InChI is InChI=1S/C28H27N9O3S/c1-19-11-21(3-6-25(19)40-27-13-26-35-33-18-37(26)17-32-27)34-28-23-12-22(4-5-24(23)30-16-31-28)36-9-7-20(15-36)14-29-8-2-10-41(38)39/h3-7,9,11-13,15-18,29H,2,8,10,14H2,1H3,(H,38,39)(H,30,31,34). The van der Waals surface area contributed by atoms with E-state index in [1.54, 1.807) is 29.4 Å². The second-order valence-electron chi connectivity index (χ2n) is 9.44. The predicted molar refractivity (Wildman–Crippen MR) is 156 cm³/mol. The molecule has 12 nitrogen and oxygen atoms in total. The van der Waals surface area contributed by atoms with Crippen molar-refractivity contribution in [2.75, 3.05) is 17.6 Å². The maximum absolute atomic E-state index is 10.8. The van der Waals surface area contributed by atoms with E-state index in [1.165, 1.54) is 0 Å². The van der Waals surface area contributed by atoms with Crippen molar-refractivity contribution in [2.45, 2.75) is 19.9 Å². The first-order valence-electron chi connectivity index (χ1n) is 12.9. The van der Waals surface area contributed by atoms with Crippen LogP contribution in [-0.4, -0.2) is 55.2 Å². The largest absolute Gasteiger partial charge is 0.439 e. The zero-order valence-corrected chi connectivity index (χ0v) is 23.0. The SMILES string of the molecule is Cc1cc(Nc2ncnc3ccc(-n4ccc(CNCCCS(=O)O)c4)cc23)ccc1Oc1cc2nncn2cn1. The van der Waals surface area contributed by atoms with Crippen LogP contribution in [0.2, 0.25) is 0 Å². The van der Waals surface area contributed by atoms with Gasteiger partial charge in [0.2, 0.25) is 5.88 Å². The molecule has 208 valence electrons. The third-order valence-electron chi connectivity index (χ3n) is 6.49. The van der Waals surface area contributed by atoms with Gasteiger partial charge in [0.05, 0.1) is 11.3 Å². The zero-order chi connectivity index (χ0) is 28.2. The minimum atomic E-state index is -1.75. The van der Waals surface area contributed by atoms with Crippen LogP contribution < -0.4 is 15.4 Å². The van der Waals surface area contributed by atoms with Crippen molar-refractivity contribution in [1.82, 2.24) is 39.4 Å². The molecule has 0 saturated heterocycles. The molecule has 2 aromatic carbocycles. The average molecular weight is 570 g/mol. The molecule has 3 N–H and O–H groups in total. The van der Waals surface area contributed by atoms with Crippen LogP contribution in [-0.2, 0) is 17.6 Å². The molecule has 4 aromatic heterocycles. The highest BCUT2D eigenvalue weighted by Gasteiger charge is 2.10. The Morgan fingerprint density at radius 3 is 2.85 bits per heavy atom. The van der Waals surface area contributed by atoms with Crippen molar-refractivity contribution in [3.05, 3.63) is 91.0 Å². The molecule has 0 radical (unpaired) electrons. The van der Waals surface area contributed by atoms with E-state index in [2.05, 4.69) is 52.6 Å². The Labute approximate surface area is 237 Å². The monoisotopic (exact) mass is 569 g/mol. The summed E-state index contributed by atoms with van der Waals surface area (Å²) >= 11 is -1.75. The Kier molecular flexibility index (Phi) is 7.63. The fraction of sp³-hybridized carbons (Fsp3) is 0.179. The van der Waals surface area contributed by atoms with Crippen LogP contribution in [0.15, 0.2) is 79.9 Å². The number of nitrogens with zero attached hydrogens (tertiary/aromatic N) is 7. The fourth-order valence-corrected chi connectivity index (χ4v) is 4.81. The van der Waals surface area contributed by atoms with Crippen molar-refractivity contribution < 1.29 is 13.5 Å². The first-order chi connectivity index (χ1) is 20.0. The van der Waals surface area contributed by atoms with Gasteiger partial charge in [-0.15, -0.1) is 10.2 Å². The number of anilines is 2. The lowest BCUT2D eigenvalue weighted by Gasteiger charge is -2.13. The summed E-state index contributed by atoms with van der Waals surface area (Å²) < 4.78 is 29.4. The van der Waals surface area contributed by atoms with E-state index in [0.29, 0.717) is 42.6 Å². The molecule has 1 atom stereocenters. The molecule has 0 saturated carbocycles. The number of aromatic nitrogens is 7. The van der Waals surface area contributed by atoms with Gasteiger partial charge in [-0.05, 0) is 73.5 Å². The van der Waals surface area contributed by atoms with E-state index in [1.807, 2.05) is 49.5 Å². The summed E-state index contributed by atoms with van der Waals surface area (Å²) in [6, 6.07) is 15.7. The molecule has 0 bridgehead atoms. The number of ether oxygens (including phenoxy) is 1. The maximum Gasteiger partial charge on any atom is 0.224 e. The van der Waals surface area contributed by atoms with Gasteiger partial charge in [-0.2, -0.15) is 0 Å². The number of nitrogens with one attached hydrogen (secondary N) is 2. The Hall–Kier alpha value is -4.72. The fourth-order valence-electron chi connectivity index (χ4n) is 4.42. The van der Waals surface area contributed by atoms with Gasteiger partial charge >= 0.3 is 0 Å². The summed E-state index contributed by atoms with van der Waals surface area (Å²) in [6.45, 7) is 3.33. The molecular formula is C28H27N9O3S. The number of rotatable bonds is 11. The molecule has 6 aromatic rings. The number of benzene rings is 2. The highest BCUT2D eigenvalue weighted by atomic mass is 32.2. The van der Waals surface area contributed by atoms with E-state index in [0.717, 1.165) is 33.4 Å². The summed E-state index contributed by atoms with van der Waals surface area (Å²) in [6.07, 6.45) is 9.47. The van der Waals surface area contributed by atoms with Crippen molar-refractivity contribution in [3.8, 4) is 17.3 Å². The first-order valence-corrected chi connectivity index (χ1v) is 14.2. The van der Waals surface area contributed by atoms with Crippen LogP contribution in [0.1, 0.15) is 17.5 Å².